The first-order chi connectivity index (χ1) is 10.2. The minimum atomic E-state index is -0.826. The van der Waals surface area contributed by atoms with Gasteiger partial charge in [0.1, 0.15) is 0 Å². The van der Waals surface area contributed by atoms with Crippen LogP contribution in [0, 0.1) is 13.0 Å². The molecule has 1 heterocycles. The summed E-state index contributed by atoms with van der Waals surface area (Å²) < 4.78 is 2.32. The van der Waals surface area contributed by atoms with Gasteiger partial charge in [-0.1, -0.05) is 11.6 Å². The van der Waals surface area contributed by atoms with Crippen LogP contribution in [0.5, 0.6) is 0 Å². The van der Waals surface area contributed by atoms with Gasteiger partial charge in [0.25, 0.3) is 0 Å². The molecule has 0 aliphatic heterocycles. The van der Waals surface area contributed by atoms with Gasteiger partial charge in [0.2, 0.25) is 0 Å². The molecule has 0 spiro atoms. The van der Waals surface area contributed by atoms with Gasteiger partial charge in [-0.25, -0.2) is 0 Å². The van der Waals surface area contributed by atoms with Crippen LogP contribution in [0.15, 0.2) is 36.4 Å². The first kappa shape index (κ1) is 15.3. The van der Waals surface area contributed by atoms with Crippen LogP contribution >= 0.6 is 17.0 Å². The van der Waals surface area contributed by atoms with Gasteiger partial charge in [-0.2, -0.15) is 24.3 Å². The molecule has 4 heteroatoms. The maximum atomic E-state index is 4.93. The van der Waals surface area contributed by atoms with Gasteiger partial charge in [-0.05, 0) is 36.7 Å². The van der Waals surface area contributed by atoms with E-state index in [4.69, 9.17) is 17.0 Å². The molecule has 1 aliphatic carbocycles. The fourth-order valence-electron chi connectivity index (χ4n) is 3.17. The van der Waals surface area contributed by atoms with Crippen molar-refractivity contribution in [2.24, 2.45) is 7.05 Å². The minimum absolute atomic E-state index is 0.826. The Balaban J connectivity index is 0.000000409. The van der Waals surface area contributed by atoms with Crippen LogP contribution in [0.3, 0.4) is 0 Å². The third-order valence-corrected chi connectivity index (χ3v) is 4.01. The average molecular weight is 394 g/mol. The fraction of sp³-hybridized carbons (Fsp3) is 0.176. The van der Waals surface area contributed by atoms with Gasteiger partial charge < -0.3 is 4.57 Å². The molecule has 4 rings (SSSR count). The molecule has 0 unspecified atom stereocenters. The molecule has 2 aromatic carbocycles. The van der Waals surface area contributed by atoms with Crippen LogP contribution in [0.25, 0.3) is 22.2 Å². The number of aromatic nitrogens is 1. The van der Waals surface area contributed by atoms with Crippen LogP contribution in [0.1, 0.15) is 16.7 Å². The number of benzene rings is 2. The van der Waals surface area contributed by atoms with Crippen LogP contribution in [0.4, 0.5) is 0 Å². The zero-order chi connectivity index (χ0) is 15.0. The second kappa shape index (κ2) is 6.28. The summed E-state index contributed by atoms with van der Waals surface area (Å²) in [6.07, 6.45) is 1.02. The van der Waals surface area contributed by atoms with Gasteiger partial charge in [-0.15, -0.1) is 11.1 Å². The summed E-state index contributed by atoms with van der Waals surface area (Å²) in [7, 11) is 12.0. The molecule has 0 radical (unpaired) electrons. The standard InChI is InChI=1S/C17H14N.2ClH.Zr/c1-11-7-8-16-14(9-11)15-10-12-5-3-4-6-13(12)17(15)18(16)2;;;/h3-4,6-9H,10H2,1-2H3;2*1H;/q-1;;;+2/p-2. The first-order valence-electron chi connectivity index (χ1n) is 6.71. The second-order valence-electron chi connectivity index (χ2n) is 5.22. The van der Waals surface area contributed by atoms with E-state index >= 15 is 0 Å². The quantitative estimate of drug-likeness (QED) is 0.360. The Hall–Kier alpha value is -0.557. The molecule has 1 aliphatic rings. The molecule has 0 N–H and O–H groups in total. The number of rotatable bonds is 0. The normalized spacial score (nSPS) is 11.6. The predicted octanol–water partition coefficient (Wildman–Crippen LogP) is 5.23. The first-order valence-corrected chi connectivity index (χ1v) is 13.0. The summed E-state index contributed by atoms with van der Waals surface area (Å²) in [5.41, 5.74) is 8.19. The van der Waals surface area contributed by atoms with Gasteiger partial charge in [-0.3, -0.25) is 0 Å². The molecular weight excluding hydrogens is 380 g/mol. The van der Waals surface area contributed by atoms with E-state index in [1.54, 1.807) is 0 Å². The zero-order valence-electron chi connectivity index (χ0n) is 11.9. The summed E-state index contributed by atoms with van der Waals surface area (Å²) in [6, 6.07) is 16.4. The third-order valence-electron chi connectivity index (χ3n) is 4.01. The number of fused-ring (bicyclic) bond motifs is 5. The molecule has 0 saturated heterocycles. The van der Waals surface area contributed by atoms with Gasteiger partial charge in [0, 0.05) is 18.0 Å². The average Bonchev–Trinajstić information content (AvgIpc) is 2.97. The van der Waals surface area contributed by atoms with Gasteiger partial charge in [0.05, 0.1) is 0 Å². The molecule has 3 aromatic rings. The van der Waals surface area contributed by atoms with Crippen molar-refractivity contribution in [3.05, 3.63) is 59.2 Å². The van der Waals surface area contributed by atoms with Crippen molar-refractivity contribution in [3.8, 4) is 11.3 Å². The zero-order valence-corrected chi connectivity index (χ0v) is 15.8. The van der Waals surface area contributed by atoms with E-state index in [9.17, 15) is 0 Å². The van der Waals surface area contributed by atoms with Gasteiger partial charge in [0.15, 0.2) is 0 Å². The Morgan fingerprint density at radius 1 is 1.24 bits per heavy atom. The van der Waals surface area contributed by atoms with E-state index in [0.717, 1.165) is 6.42 Å². The van der Waals surface area contributed by atoms with E-state index in [0.29, 0.717) is 0 Å². The number of hydrogen-bond donors (Lipinski definition) is 0. The molecular formula is C17H14Cl2NZr-. The van der Waals surface area contributed by atoms with Crippen LogP contribution in [0.2, 0.25) is 0 Å². The molecule has 106 valence electrons. The monoisotopic (exact) mass is 392 g/mol. The topological polar surface area (TPSA) is 4.93 Å². The molecule has 21 heavy (non-hydrogen) atoms. The number of hydrogen-bond acceptors (Lipinski definition) is 0. The Bertz CT molecular complexity index is 808. The third kappa shape index (κ3) is 2.63. The van der Waals surface area contributed by atoms with Crippen molar-refractivity contribution >= 4 is 27.9 Å². The molecule has 0 amide bonds. The van der Waals surface area contributed by atoms with Crippen LogP contribution in [-0.2, 0) is 34.3 Å². The number of aryl methyl sites for hydroxylation is 2. The van der Waals surface area contributed by atoms with Crippen LogP contribution in [-0.4, -0.2) is 4.57 Å². The van der Waals surface area contributed by atoms with Crippen molar-refractivity contribution in [3.63, 3.8) is 0 Å². The summed E-state index contributed by atoms with van der Waals surface area (Å²) in [6.45, 7) is 2.16. The molecule has 0 fully saturated rings. The van der Waals surface area contributed by atoms with E-state index in [1.807, 2.05) is 6.07 Å². The Morgan fingerprint density at radius 2 is 2.00 bits per heavy atom. The molecule has 1 nitrogen and oxygen atoms in total. The Morgan fingerprint density at radius 3 is 2.76 bits per heavy atom. The molecule has 0 atom stereocenters. The Kier molecular flexibility index (Phi) is 4.59. The van der Waals surface area contributed by atoms with Crippen molar-refractivity contribution < 1.29 is 20.8 Å². The van der Waals surface area contributed by atoms with E-state index in [1.165, 1.54) is 38.9 Å². The number of halogens is 2. The van der Waals surface area contributed by atoms with Crippen molar-refractivity contribution in [1.82, 2.24) is 4.57 Å². The summed E-state index contributed by atoms with van der Waals surface area (Å²) >= 11 is -0.826. The summed E-state index contributed by atoms with van der Waals surface area (Å²) in [5.74, 6) is 0. The maximum absolute atomic E-state index is 4.93. The predicted molar refractivity (Wildman–Crippen MR) is 86.4 cm³/mol. The van der Waals surface area contributed by atoms with Crippen LogP contribution < -0.4 is 0 Å². The Labute approximate surface area is 143 Å². The van der Waals surface area contributed by atoms with Crippen molar-refractivity contribution in [2.75, 3.05) is 0 Å². The summed E-state index contributed by atoms with van der Waals surface area (Å²) in [5, 5.41) is 1.40. The SMILES string of the molecule is Cc1ccc2c(c1)c1c(n2C)-c2ccc[c-]c2C1.[Cl][Zr][Cl]. The van der Waals surface area contributed by atoms with E-state index in [-0.39, 0.29) is 0 Å². The van der Waals surface area contributed by atoms with E-state index in [2.05, 4.69) is 54.9 Å². The number of nitrogens with zero attached hydrogens (tertiary/aromatic N) is 1. The van der Waals surface area contributed by atoms with E-state index < -0.39 is 20.8 Å². The fourth-order valence-corrected chi connectivity index (χ4v) is 3.17. The molecule has 0 saturated carbocycles. The summed E-state index contributed by atoms with van der Waals surface area (Å²) in [4.78, 5) is 0. The molecule has 1 aromatic heterocycles. The van der Waals surface area contributed by atoms with Gasteiger partial charge >= 0.3 is 37.9 Å². The molecule has 0 bridgehead atoms. The van der Waals surface area contributed by atoms with Crippen molar-refractivity contribution in [1.29, 1.82) is 0 Å². The van der Waals surface area contributed by atoms with Crippen molar-refractivity contribution in [2.45, 2.75) is 13.3 Å². The second-order valence-corrected chi connectivity index (χ2v) is 8.95.